The van der Waals surface area contributed by atoms with Crippen LogP contribution in [0.4, 0.5) is 4.39 Å². The molecule has 28 heavy (non-hydrogen) atoms. The van der Waals surface area contributed by atoms with Crippen molar-refractivity contribution in [1.29, 1.82) is 0 Å². The van der Waals surface area contributed by atoms with Crippen LogP contribution in [0.1, 0.15) is 29.5 Å². The highest BCUT2D eigenvalue weighted by Crippen LogP contribution is 2.27. The van der Waals surface area contributed by atoms with Gasteiger partial charge in [0.05, 0.1) is 12.9 Å². The van der Waals surface area contributed by atoms with Gasteiger partial charge in [-0.1, -0.05) is 41.3 Å². The second-order valence-electron chi connectivity index (χ2n) is 6.79. The predicted molar refractivity (Wildman–Crippen MR) is 106 cm³/mol. The van der Waals surface area contributed by atoms with Crippen molar-refractivity contribution in [3.63, 3.8) is 0 Å². The van der Waals surface area contributed by atoms with Crippen LogP contribution in [0.15, 0.2) is 72.4 Å². The Morgan fingerprint density at radius 2 is 1.93 bits per heavy atom. The first-order valence-electron chi connectivity index (χ1n) is 9.27. The molecule has 0 bridgehead atoms. The molecule has 2 aromatic carbocycles. The Morgan fingerprint density at radius 3 is 2.61 bits per heavy atom. The molecule has 0 radical (unpaired) electrons. The molecule has 140 valence electrons. The second-order valence-corrected chi connectivity index (χ2v) is 6.79. The first-order valence-corrected chi connectivity index (χ1v) is 9.27. The van der Waals surface area contributed by atoms with Crippen LogP contribution in [0.25, 0.3) is 0 Å². The standard InChI is InChI=1S/C23H20FN3O/c24-22-11-7-20(8-12-22)16-28-26-23(15-27-14-13-25-17-27)21-9-5-19(6-10-21)4-3-18-1-2-18/h5-14,17-18H,1-2,15-16H2/b26-23+. The third kappa shape index (κ3) is 5.08. The number of hydrogen-bond donors (Lipinski definition) is 0. The fraction of sp³-hybridized carbons (Fsp3) is 0.217. The van der Waals surface area contributed by atoms with Gasteiger partial charge in [-0.3, -0.25) is 0 Å². The van der Waals surface area contributed by atoms with Gasteiger partial charge < -0.3 is 9.40 Å². The van der Waals surface area contributed by atoms with E-state index in [1.807, 2.05) is 35.0 Å². The number of aromatic nitrogens is 2. The van der Waals surface area contributed by atoms with Gasteiger partial charge in [-0.05, 0) is 42.7 Å². The minimum Gasteiger partial charge on any atom is -0.391 e. The highest BCUT2D eigenvalue weighted by atomic mass is 19.1. The third-order valence-corrected chi connectivity index (χ3v) is 4.43. The van der Waals surface area contributed by atoms with Crippen molar-refractivity contribution < 1.29 is 9.23 Å². The first-order chi connectivity index (χ1) is 13.8. The molecule has 1 saturated carbocycles. The van der Waals surface area contributed by atoms with Crippen molar-refractivity contribution in [3.05, 3.63) is 89.8 Å². The van der Waals surface area contributed by atoms with Crippen molar-refractivity contribution in [1.82, 2.24) is 9.55 Å². The molecule has 3 aromatic rings. The van der Waals surface area contributed by atoms with E-state index in [-0.39, 0.29) is 12.4 Å². The summed E-state index contributed by atoms with van der Waals surface area (Å²) in [6.45, 7) is 0.815. The van der Waals surface area contributed by atoms with E-state index in [0.717, 1.165) is 22.4 Å². The highest BCUT2D eigenvalue weighted by molar-refractivity contribution is 6.00. The summed E-state index contributed by atoms with van der Waals surface area (Å²) >= 11 is 0. The molecule has 4 rings (SSSR count). The molecule has 0 amide bonds. The summed E-state index contributed by atoms with van der Waals surface area (Å²) in [5.41, 5.74) is 3.61. The molecule has 1 aliphatic rings. The van der Waals surface area contributed by atoms with Crippen LogP contribution in [0.5, 0.6) is 0 Å². The van der Waals surface area contributed by atoms with E-state index in [9.17, 15) is 4.39 Å². The minimum atomic E-state index is -0.266. The summed E-state index contributed by atoms with van der Waals surface area (Å²) in [7, 11) is 0. The van der Waals surface area contributed by atoms with Crippen LogP contribution in [0, 0.1) is 23.6 Å². The van der Waals surface area contributed by atoms with E-state index < -0.39 is 0 Å². The van der Waals surface area contributed by atoms with Gasteiger partial charge in [-0.15, -0.1) is 0 Å². The largest absolute Gasteiger partial charge is 0.391 e. The lowest BCUT2D eigenvalue weighted by atomic mass is 10.1. The van der Waals surface area contributed by atoms with E-state index in [2.05, 4.69) is 22.0 Å². The monoisotopic (exact) mass is 373 g/mol. The van der Waals surface area contributed by atoms with Gasteiger partial charge in [0.1, 0.15) is 18.1 Å². The molecule has 5 heteroatoms. The number of rotatable bonds is 6. The zero-order chi connectivity index (χ0) is 19.2. The van der Waals surface area contributed by atoms with Gasteiger partial charge in [-0.25, -0.2) is 9.37 Å². The summed E-state index contributed by atoms with van der Waals surface area (Å²) < 4.78 is 15.0. The molecule has 0 N–H and O–H groups in total. The van der Waals surface area contributed by atoms with Crippen LogP contribution in [-0.4, -0.2) is 15.3 Å². The average molecular weight is 373 g/mol. The molecule has 1 fully saturated rings. The number of imidazole rings is 1. The maximum atomic E-state index is 13.0. The smallest absolute Gasteiger partial charge is 0.142 e. The number of benzene rings is 2. The van der Waals surface area contributed by atoms with E-state index in [4.69, 9.17) is 4.84 Å². The van der Waals surface area contributed by atoms with Gasteiger partial charge in [0, 0.05) is 29.4 Å². The van der Waals surface area contributed by atoms with Crippen LogP contribution in [-0.2, 0) is 18.0 Å². The van der Waals surface area contributed by atoms with Crippen LogP contribution in [0.3, 0.4) is 0 Å². The van der Waals surface area contributed by atoms with Crippen molar-refractivity contribution >= 4 is 5.71 Å². The molecule has 1 aliphatic carbocycles. The van der Waals surface area contributed by atoms with Gasteiger partial charge in [-0.2, -0.15) is 0 Å². The summed E-state index contributed by atoms with van der Waals surface area (Å²) in [5.74, 6) is 6.81. The molecule has 0 atom stereocenters. The highest BCUT2D eigenvalue weighted by Gasteiger charge is 2.17. The van der Waals surface area contributed by atoms with Crippen molar-refractivity contribution in [2.24, 2.45) is 11.1 Å². The lowest BCUT2D eigenvalue weighted by Crippen LogP contribution is -2.11. The third-order valence-electron chi connectivity index (χ3n) is 4.43. The number of halogens is 1. The van der Waals surface area contributed by atoms with E-state index in [1.54, 1.807) is 24.7 Å². The predicted octanol–water partition coefficient (Wildman–Crippen LogP) is 4.40. The van der Waals surface area contributed by atoms with Crippen LogP contribution < -0.4 is 0 Å². The lowest BCUT2D eigenvalue weighted by Gasteiger charge is -2.08. The zero-order valence-corrected chi connectivity index (χ0v) is 15.4. The maximum Gasteiger partial charge on any atom is 0.142 e. The van der Waals surface area contributed by atoms with Crippen molar-refractivity contribution in [3.8, 4) is 11.8 Å². The lowest BCUT2D eigenvalue weighted by molar-refractivity contribution is 0.130. The van der Waals surface area contributed by atoms with E-state index >= 15 is 0 Å². The van der Waals surface area contributed by atoms with Gasteiger partial charge in [0.15, 0.2) is 0 Å². The Kier molecular flexibility index (Phi) is 5.48. The summed E-state index contributed by atoms with van der Waals surface area (Å²) in [6.07, 6.45) is 7.79. The molecule has 4 nitrogen and oxygen atoms in total. The molecule has 0 unspecified atom stereocenters. The van der Waals surface area contributed by atoms with E-state index in [0.29, 0.717) is 12.5 Å². The van der Waals surface area contributed by atoms with Crippen molar-refractivity contribution in [2.45, 2.75) is 26.0 Å². The van der Waals surface area contributed by atoms with Gasteiger partial charge in [0.2, 0.25) is 0 Å². The molecule has 1 aromatic heterocycles. The Hall–Kier alpha value is -3.39. The SMILES string of the molecule is Fc1ccc(CO/N=C(\Cn2ccnc2)c2ccc(C#CC3CC3)cc2)cc1. The maximum absolute atomic E-state index is 13.0. The Balaban J connectivity index is 1.49. The molecule has 0 aliphatic heterocycles. The molecule has 1 heterocycles. The quantitative estimate of drug-likeness (QED) is 0.365. The number of oxime groups is 1. The summed E-state index contributed by atoms with van der Waals surface area (Å²) in [5, 5.41) is 4.34. The molecule has 0 spiro atoms. The fourth-order valence-electron chi connectivity index (χ4n) is 2.65. The summed E-state index contributed by atoms with van der Waals surface area (Å²) in [4.78, 5) is 9.63. The molecular formula is C23H20FN3O. The Bertz CT molecular complexity index is 993. The molecular weight excluding hydrogens is 353 g/mol. The topological polar surface area (TPSA) is 39.4 Å². The number of nitrogens with zero attached hydrogens (tertiary/aromatic N) is 3. The minimum absolute atomic E-state index is 0.266. The number of hydrogen-bond acceptors (Lipinski definition) is 3. The summed E-state index contributed by atoms with van der Waals surface area (Å²) in [6, 6.07) is 14.2. The Morgan fingerprint density at radius 1 is 1.14 bits per heavy atom. The second kappa shape index (κ2) is 8.53. The Labute approximate surface area is 163 Å². The van der Waals surface area contributed by atoms with E-state index in [1.165, 1.54) is 25.0 Å². The normalized spacial score (nSPS) is 13.7. The fourth-order valence-corrected chi connectivity index (χ4v) is 2.65. The van der Waals surface area contributed by atoms with Crippen LogP contribution in [0.2, 0.25) is 0 Å². The van der Waals surface area contributed by atoms with Crippen molar-refractivity contribution in [2.75, 3.05) is 0 Å². The molecule has 0 saturated heterocycles. The average Bonchev–Trinajstić information content (AvgIpc) is 3.41. The first kappa shape index (κ1) is 18.0. The zero-order valence-electron chi connectivity index (χ0n) is 15.4. The van der Waals surface area contributed by atoms with Gasteiger partial charge >= 0.3 is 0 Å². The van der Waals surface area contributed by atoms with Crippen LogP contribution >= 0.6 is 0 Å². The van der Waals surface area contributed by atoms with Gasteiger partial charge in [0.25, 0.3) is 0 Å².